The van der Waals surface area contributed by atoms with Gasteiger partial charge in [0, 0.05) is 13.2 Å². The highest BCUT2D eigenvalue weighted by atomic mass is 16.3. The summed E-state index contributed by atoms with van der Waals surface area (Å²) in [6.45, 7) is 10.7. The van der Waals surface area contributed by atoms with Crippen LogP contribution in [-0.2, 0) is 0 Å². The molecule has 0 aromatic rings. The molecule has 0 aliphatic heterocycles. The predicted molar refractivity (Wildman–Crippen MR) is 66.1 cm³/mol. The van der Waals surface area contributed by atoms with Crippen molar-refractivity contribution in [1.29, 1.82) is 0 Å². The molecule has 0 saturated heterocycles. The Balaban J connectivity index is 0. The Hall–Kier alpha value is -0.120. The maximum atomic E-state index is 8.30. The van der Waals surface area contributed by atoms with Crippen molar-refractivity contribution >= 4 is 0 Å². The zero-order valence-corrected chi connectivity index (χ0v) is 10.7. The minimum absolute atomic E-state index is 0.283. The molecule has 3 nitrogen and oxygen atoms in total. The molecule has 94 valence electrons. The Labute approximate surface area is 95.1 Å². The van der Waals surface area contributed by atoms with Crippen LogP contribution in [0.3, 0.4) is 0 Å². The predicted octanol–water partition coefficient (Wildman–Crippen LogP) is 1.88. The molecule has 0 rings (SSSR count). The number of aliphatic hydroxyl groups excluding tert-OH is 2. The summed E-state index contributed by atoms with van der Waals surface area (Å²) in [5, 5.41) is 16.6. The molecular formula is C12H29NO2. The van der Waals surface area contributed by atoms with Gasteiger partial charge in [-0.25, -0.2) is 0 Å². The number of hydrogen-bond donors (Lipinski definition) is 2. The molecular weight excluding hydrogens is 190 g/mol. The highest BCUT2D eigenvalue weighted by molar-refractivity contribution is 4.43. The van der Waals surface area contributed by atoms with Crippen LogP contribution in [0.5, 0.6) is 0 Å². The van der Waals surface area contributed by atoms with Crippen LogP contribution in [0.2, 0.25) is 0 Å². The second-order valence-corrected chi connectivity index (χ2v) is 3.48. The van der Waals surface area contributed by atoms with Crippen molar-refractivity contribution in [2.45, 2.75) is 46.5 Å². The normalized spacial score (nSPS) is 10.0. The van der Waals surface area contributed by atoms with Gasteiger partial charge >= 0.3 is 0 Å². The van der Waals surface area contributed by atoms with Gasteiger partial charge in [-0.05, 0) is 32.5 Å². The number of nitrogens with zero attached hydrogens (tertiary/aromatic N) is 1. The fraction of sp³-hybridized carbons (Fsp3) is 1.00. The monoisotopic (exact) mass is 219 g/mol. The van der Waals surface area contributed by atoms with E-state index in [4.69, 9.17) is 10.2 Å². The summed E-state index contributed by atoms with van der Waals surface area (Å²) in [6, 6.07) is 0. The van der Waals surface area contributed by atoms with Gasteiger partial charge in [-0.2, -0.15) is 0 Å². The lowest BCUT2D eigenvalue weighted by Gasteiger charge is -2.13. The lowest BCUT2D eigenvalue weighted by atomic mass is 10.2. The molecule has 0 heterocycles. The van der Waals surface area contributed by atoms with Gasteiger partial charge in [0.2, 0.25) is 0 Å². The van der Waals surface area contributed by atoms with Gasteiger partial charge in [0.25, 0.3) is 0 Å². The summed E-state index contributed by atoms with van der Waals surface area (Å²) in [7, 11) is 0. The minimum atomic E-state index is 0.283. The first-order valence-corrected chi connectivity index (χ1v) is 6.20. The van der Waals surface area contributed by atoms with Crippen molar-refractivity contribution in [2.24, 2.45) is 0 Å². The third-order valence-corrected chi connectivity index (χ3v) is 2.41. The summed E-state index contributed by atoms with van der Waals surface area (Å²) in [4.78, 5) is 2.38. The largest absolute Gasteiger partial charge is 0.396 e. The third-order valence-electron chi connectivity index (χ3n) is 2.41. The van der Waals surface area contributed by atoms with Gasteiger partial charge in [0.15, 0.2) is 0 Å². The van der Waals surface area contributed by atoms with Crippen LogP contribution in [0, 0.1) is 0 Å². The van der Waals surface area contributed by atoms with Crippen LogP contribution in [0.15, 0.2) is 0 Å². The average molecular weight is 219 g/mol. The first-order chi connectivity index (χ1) is 7.26. The molecule has 0 unspecified atom stereocenters. The lowest BCUT2D eigenvalue weighted by Crippen LogP contribution is -2.21. The summed E-state index contributed by atoms with van der Waals surface area (Å²) in [5.41, 5.74) is 0. The molecule has 3 heteroatoms. The first-order valence-electron chi connectivity index (χ1n) is 6.20. The number of aliphatic hydroxyl groups is 2. The van der Waals surface area contributed by atoms with E-state index in [0.29, 0.717) is 0 Å². The molecule has 0 atom stereocenters. The van der Waals surface area contributed by atoms with E-state index >= 15 is 0 Å². The Morgan fingerprint density at radius 2 is 1.00 bits per heavy atom. The summed E-state index contributed by atoms with van der Waals surface area (Å²) < 4.78 is 0. The van der Waals surface area contributed by atoms with E-state index in [1.165, 1.54) is 19.6 Å². The van der Waals surface area contributed by atoms with E-state index in [1.54, 1.807) is 0 Å². The molecule has 0 aromatic heterocycles. The minimum Gasteiger partial charge on any atom is -0.396 e. The van der Waals surface area contributed by atoms with Crippen LogP contribution in [0.4, 0.5) is 0 Å². The SMILES string of the molecule is CCN(CC)CC.OCCCCCCO. The molecule has 0 saturated carbocycles. The van der Waals surface area contributed by atoms with Crippen LogP contribution < -0.4 is 0 Å². The third kappa shape index (κ3) is 16.5. The van der Waals surface area contributed by atoms with Crippen LogP contribution in [0.1, 0.15) is 46.5 Å². The molecule has 0 radical (unpaired) electrons. The Kier molecular flexibility index (Phi) is 18.8. The second-order valence-electron chi connectivity index (χ2n) is 3.48. The van der Waals surface area contributed by atoms with E-state index in [-0.39, 0.29) is 13.2 Å². The second kappa shape index (κ2) is 16.3. The van der Waals surface area contributed by atoms with Gasteiger partial charge in [0.05, 0.1) is 0 Å². The van der Waals surface area contributed by atoms with E-state index in [1.807, 2.05) is 0 Å². The van der Waals surface area contributed by atoms with Crippen molar-refractivity contribution in [1.82, 2.24) is 4.90 Å². The van der Waals surface area contributed by atoms with Crippen molar-refractivity contribution in [2.75, 3.05) is 32.8 Å². The Morgan fingerprint density at radius 1 is 0.667 bits per heavy atom. The van der Waals surface area contributed by atoms with E-state index in [9.17, 15) is 0 Å². The lowest BCUT2D eigenvalue weighted by molar-refractivity contribution is 0.265. The molecule has 0 amide bonds. The van der Waals surface area contributed by atoms with Crippen molar-refractivity contribution in [3.63, 3.8) is 0 Å². The quantitative estimate of drug-likeness (QED) is 0.613. The van der Waals surface area contributed by atoms with Crippen molar-refractivity contribution < 1.29 is 10.2 Å². The molecule has 0 aliphatic carbocycles. The van der Waals surface area contributed by atoms with E-state index < -0.39 is 0 Å². The first kappa shape index (κ1) is 17.3. The smallest absolute Gasteiger partial charge is 0.0431 e. The Bertz CT molecular complexity index is 84.1. The molecule has 2 N–H and O–H groups in total. The van der Waals surface area contributed by atoms with Gasteiger partial charge < -0.3 is 15.1 Å². The highest BCUT2D eigenvalue weighted by Crippen LogP contribution is 1.96. The topological polar surface area (TPSA) is 43.7 Å². The fourth-order valence-corrected chi connectivity index (χ4v) is 1.25. The van der Waals surface area contributed by atoms with Gasteiger partial charge in [-0.15, -0.1) is 0 Å². The van der Waals surface area contributed by atoms with Gasteiger partial charge in [0.1, 0.15) is 0 Å². The summed E-state index contributed by atoms with van der Waals surface area (Å²) in [5.74, 6) is 0. The summed E-state index contributed by atoms with van der Waals surface area (Å²) >= 11 is 0. The average Bonchev–Trinajstić information content (AvgIpc) is 2.28. The molecule has 0 aliphatic rings. The zero-order chi connectivity index (χ0) is 11.9. The van der Waals surface area contributed by atoms with Crippen molar-refractivity contribution in [3.8, 4) is 0 Å². The number of unbranched alkanes of at least 4 members (excludes halogenated alkanes) is 3. The molecule has 15 heavy (non-hydrogen) atoms. The van der Waals surface area contributed by atoms with Gasteiger partial charge in [-0.3, -0.25) is 0 Å². The van der Waals surface area contributed by atoms with Crippen LogP contribution in [0.25, 0.3) is 0 Å². The van der Waals surface area contributed by atoms with Gasteiger partial charge in [-0.1, -0.05) is 33.6 Å². The van der Waals surface area contributed by atoms with E-state index in [0.717, 1.165) is 25.7 Å². The molecule has 0 bridgehead atoms. The molecule has 0 spiro atoms. The van der Waals surface area contributed by atoms with Crippen LogP contribution >= 0.6 is 0 Å². The molecule has 0 fully saturated rings. The number of rotatable bonds is 8. The van der Waals surface area contributed by atoms with E-state index in [2.05, 4.69) is 25.7 Å². The van der Waals surface area contributed by atoms with Crippen LogP contribution in [-0.4, -0.2) is 48.0 Å². The van der Waals surface area contributed by atoms with Crippen molar-refractivity contribution in [3.05, 3.63) is 0 Å². The maximum Gasteiger partial charge on any atom is 0.0431 e. The molecule has 0 aromatic carbocycles. The zero-order valence-electron chi connectivity index (χ0n) is 10.7. The maximum absolute atomic E-state index is 8.30. The Morgan fingerprint density at radius 3 is 1.13 bits per heavy atom. The standard InChI is InChI=1S/C6H15N.C6H14O2/c1-4-7(5-2)6-3;7-5-3-1-2-4-6-8/h4-6H2,1-3H3;7-8H,1-6H2. The fourth-order valence-electron chi connectivity index (χ4n) is 1.25. The summed E-state index contributed by atoms with van der Waals surface area (Å²) in [6.07, 6.45) is 3.83. The highest BCUT2D eigenvalue weighted by Gasteiger charge is 1.89. The number of hydrogen-bond acceptors (Lipinski definition) is 3.